The summed E-state index contributed by atoms with van der Waals surface area (Å²) >= 11 is 3.31. The van der Waals surface area contributed by atoms with E-state index in [9.17, 15) is 8.42 Å². The molecule has 26 heavy (non-hydrogen) atoms. The van der Waals surface area contributed by atoms with Crippen molar-refractivity contribution in [1.29, 1.82) is 0 Å². The third kappa shape index (κ3) is 6.41. The van der Waals surface area contributed by atoms with Crippen molar-refractivity contribution in [1.82, 2.24) is 15.5 Å². The number of likely N-dealkylation sites (tertiary alicyclic amines) is 1. The molecule has 0 amide bonds. The molecular weight excluding hydrogens is 416 g/mol. The highest BCUT2D eigenvalue weighted by molar-refractivity contribution is 9.10. The molecule has 0 unspecified atom stereocenters. The summed E-state index contributed by atoms with van der Waals surface area (Å²) in [5, 5.41) is 6.50. The summed E-state index contributed by atoms with van der Waals surface area (Å²) in [6.45, 7) is 7.07. The highest BCUT2D eigenvalue weighted by atomic mass is 79.9. The fourth-order valence-electron chi connectivity index (χ4n) is 2.89. The molecule has 144 valence electrons. The van der Waals surface area contributed by atoms with Crippen molar-refractivity contribution in [3.63, 3.8) is 0 Å². The normalized spacial score (nSPS) is 17.1. The van der Waals surface area contributed by atoms with E-state index in [-0.39, 0.29) is 5.75 Å². The predicted molar refractivity (Wildman–Crippen MR) is 110 cm³/mol. The Morgan fingerprint density at radius 3 is 2.58 bits per heavy atom. The number of hydrogen-bond donors (Lipinski definition) is 2. The number of hydrogen-bond acceptors (Lipinski definition) is 4. The number of nitrogens with one attached hydrogen (secondary N) is 2. The van der Waals surface area contributed by atoms with Crippen LogP contribution in [0.1, 0.15) is 12.8 Å². The van der Waals surface area contributed by atoms with Crippen LogP contribution in [0.25, 0.3) is 0 Å². The summed E-state index contributed by atoms with van der Waals surface area (Å²) in [6, 6.07) is 7.05. The van der Waals surface area contributed by atoms with Gasteiger partial charge in [-0.1, -0.05) is 22.0 Å². The summed E-state index contributed by atoms with van der Waals surface area (Å²) in [5.41, 5.74) is 0. The maximum absolute atomic E-state index is 12.4. The molecule has 8 heteroatoms. The number of nitrogens with zero attached hydrogens (tertiary/aromatic N) is 2. The van der Waals surface area contributed by atoms with Gasteiger partial charge in [-0.05, 0) is 37.1 Å². The molecule has 0 bridgehead atoms. The summed E-state index contributed by atoms with van der Waals surface area (Å²) in [5.74, 6) is 0.672. The topological polar surface area (TPSA) is 73.8 Å². The molecule has 1 aliphatic heterocycles. The van der Waals surface area contributed by atoms with Crippen molar-refractivity contribution in [2.75, 3.05) is 39.0 Å². The molecule has 0 saturated carbocycles. The first-order chi connectivity index (χ1) is 12.4. The van der Waals surface area contributed by atoms with Gasteiger partial charge in [0.05, 0.1) is 10.6 Å². The lowest BCUT2D eigenvalue weighted by Gasteiger charge is -2.32. The Kier molecular flexibility index (Phi) is 8.12. The van der Waals surface area contributed by atoms with Crippen molar-refractivity contribution < 1.29 is 8.42 Å². The van der Waals surface area contributed by atoms with Gasteiger partial charge in [0.25, 0.3) is 0 Å². The monoisotopic (exact) mass is 442 g/mol. The van der Waals surface area contributed by atoms with E-state index in [0.29, 0.717) is 23.4 Å². The van der Waals surface area contributed by atoms with Crippen molar-refractivity contribution in [2.45, 2.75) is 23.8 Å². The Morgan fingerprint density at radius 1 is 1.35 bits per heavy atom. The Hall–Kier alpha value is -1.38. The van der Waals surface area contributed by atoms with E-state index in [0.717, 1.165) is 36.9 Å². The first-order valence-electron chi connectivity index (χ1n) is 8.73. The van der Waals surface area contributed by atoms with Gasteiger partial charge in [-0.2, -0.15) is 0 Å². The van der Waals surface area contributed by atoms with Gasteiger partial charge in [-0.15, -0.1) is 6.58 Å². The van der Waals surface area contributed by atoms with Gasteiger partial charge in [-0.3, -0.25) is 9.89 Å². The summed E-state index contributed by atoms with van der Waals surface area (Å²) in [6.07, 6.45) is 4.00. The van der Waals surface area contributed by atoms with E-state index >= 15 is 0 Å². The third-order valence-corrected chi connectivity index (χ3v) is 6.64. The van der Waals surface area contributed by atoms with Gasteiger partial charge in [0.2, 0.25) is 0 Å². The Labute approximate surface area is 164 Å². The lowest BCUT2D eigenvalue weighted by molar-refractivity contribution is 0.225. The minimum Gasteiger partial charge on any atom is -0.355 e. The van der Waals surface area contributed by atoms with Crippen LogP contribution in [0.3, 0.4) is 0 Å². The first kappa shape index (κ1) is 20.9. The van der Waals surface area contributed by atoms with Gasteiger partial charge in [0, 0.05) is 43.7 Å². The van der Waals surface area contributed by atoms with Crippen LogP contribution in [0.2, 0.25) is 0 Å². The largest absolute Gasteiger partial charge is 0.355 e. The van der Waals surface area contributed by atoms with Gasteiger partial charge in [0.15, 0.2) is 15.8 Å². The third-order valence-electron chi connectivity index (χ3n) is 4.38. The zero-order valence-electron chi connectivity index (χ0n) is 15.1. The van der Waals surface area contributed by atoms with Crippen LogP contribution in [-0.2, 0) is 9.84 Å². The number of rotatable bonds is 7. The second kappa shape index (κ2) is 10.1. The molecule has 6 nitrogen and oxygen atoms in total. The van der Waals surface area contributed by atoms with E-state index < -0.39 is 9.84 Å². The average Bonchev–Trinajstić information content (AvgIpc) is 2.63. The maximum Gasteiger partial charge on any atom is 0.191 e. The fourth-order valence-corrected chi connectivity index (χ4v) is 4.32. The molecule has 0 aromatic heterocycles. The van der Waals surface area contributed by atoms with Gasteiger partial charge in [-0.25, -0.2) is 8.42 Å². The average molecular weight is 443 g/mol. The van der Waals surface area contributed by atoms with Crippen molar-refractivity contribution in [3.05, 3.63) is 41.4 Å². The predicted octanol–water partition coefficient (Wildman–Crippen LogP) is 2.04. The van der Waals surface area contributed by atoms with E-state index in [1.807, 2.05) is 6.08 Å². The molecule has 2 rings (SSSR count). The van der Waals surface area contributed by atoms with Crippen LogP contribution in [0, 0.1) is 0 Å². The highest BCUT2D eigenvalue weighted by Crippen LogP contribution is 2.15. The Morgan fingerprint density at radius 2 is 2.00 bits per heavy atom. The molecule has 1 aliphatic rings. The van der Waals surface area contributed by atoms with Gasteiger partial charge >= 0.3 is 0 Å². The Balaban J connectivity index is 1.78. The fraction of sp³-hybridized carbons (Fsp3) is 0.500. The molecule has 0 spiro atoms. The van der Waals surface area contributed by atoms with Gasteiger partial charge in [0.1, 0.15) is 0 Å². The molecule has 1 saturated heterocycles. The van der Waals surface area contributed by atoms with Crippen LogP contribution in [-0.4, -0.2) is 64.3 Å². The molecular formula is C18H27BrN4O2S. The lowest BCUT2D eigenvalue weighted by Crippen LogP contribution is -2.49. The minimum atomic E-state index is -3.31. The smallest absolute Gasteiger partial charge is 0.191 e. The van der Waals surface area contributed by atoms with Crippen LogP contribution < -0.4 is 10.6 Å². The second-order valence-corrected chi connectivity index (χ2v) is 9.30. The van der Waals surface area contributed by atoms with Crippen LogP contribution >= 0.6 is 15.9 Å². The second-order valence-electron chi connectivity index (χ2n) is 6.28. The first-order valence-corrected chi connectivity index (χ1v) is 11.2. The molecule has 2 N–H and O–H groups in total. The van der Waals surface area contributed by atoms with E-state index in [2.05, 4.69) is 43.0 Å². The molecule has 0 radical (unpaired) electrons. The van der Waals surface area contributed by atoms with Crippen LogP contribution in [0.4, 0.5) is 0 Å². The highest BCUT2D eigenvalue weighted by Gasteiger charge is 2.19. The molecule has 1 heterocycles. The Bertz CT molecular complexity index is 711. The quantitative estimate of drug-likeness (QED) is 0.383. The maximum atomic E-state index is 12.4. The van der Waals surface area contributed by atoms with Crippen molar-refractivity contribution in [3.8, 4) is 0 Å². The number of sulfone groups is 1. The van der Waals surface area contributed by atoms with Gasteiger partial charge < -0.3 is 10.6 Å². The number of aliphatic imine (C=N–C) groups is 1. The van der Waals surface area contributed by atoms with Crippen molar-refractivity contribution in [2.24, 2.45) is 4.99 Å². The van der Waals surface area contributed by atoms with Crippen molar-refractivity contribution >= 4 is 31.7 Å². The number of piperidine rings is 1. The molecule has 0 aliphatic carbocycles. The lowest BCUT2D eigenvalue weighted by atomic mass is 10.1. The zero-order chi connectivity index (χ0) is 19.0. The minimum absolute atomic E-state index is 0.0209. The number of halogens is 1. The number of benzene rings is 1. The SMILES string of the molecule is C=CCN1CCC(NC(=NC)NCCS(=O)(=O)c2ccc(Br)cc2)CC1. The number of guanidine groups is 1. The summed E-state index contributed by atoms with van der Waals surface area (Å²) in [4.78, 5) is 6.91. The van der Waals surface area contributed by atoms with E-state index in [1.54, 1.807) is 31.3 Å². The molecule has 1 fully saturated rings. The zero-order valence-corrected chi connectivity index (χ0v) is 17.5. The molecule has 0 atom stereocenters. The summed E-state index contributed by atoms with van der Waals surface area (Å²) in [7, 11) is -1.61. The van der Waals surface area contributed by atoms with E-state index in [1.165, 1.54) is 0 Å². The molecule has 1 aromatic carbocycles. The standard InChI is InChI=1S/C18H27BrN4O2S/c1-3-11-23-12-8-16(9-13-23)22-18(20-2)21-10-14-26(24,25)17-6-4-15(19)5-7-17/h3-7,16H,1,8-14H2,2H3,(H2,20,21,22). The van der Waals surface area contributed by atoms with Crippen LogP contribution in [0.5, 0.6) is 0 Å². The van der Waals surface area contributed by atoms with Crippen LogP contribution in [0.15, 0.2) is 51.3 Å². The van der Waals surface area contributed by atoms with E-state index in [4.69, 9.17) is 0 Å². The summed E-state index contributed by atoms with van der Waals surface area (Å²) < 4.78 is 25.6. The molecule has 1 aromatic rings.